The predicted molar refractivity (Wildman–Crippen MR) is 79.6 cm³/mol. The number of aryl methyl sites for hydroxylation is 1. The Morgan fingerprint density at radius 2 is 2.00 bits per heavy atom. The lowest BCUT2D eigenvalue weighted by atomic mass is 9.86. The maximum absolute atomic E-state index is 11.0. The van der Waals surface area contributed by atoms with E-state index in [1.54, 1.807) is 0 Å². The number of ether oxygens (including phenoxy) is 1. The zero-order chi connectivity index (χ0) is 14.5. The van der Waals surface area contributed by atoms with Crippen LogP contribution in [0.25, 0.3) is 0 Å². The van der Waals surface area contributed by atoms with Crippen LogP contribution in [0.3, 0.4) is 0 Å². The summed E-state index contributed by atoms with van der Waals surface area (Å²) in [5.74, 6) is -0.151. The van der Waals surface area contributed by atoms with Crippen LogP contribution in [0.1, 0.15) is 44.7 Å². The first kappa shape index (κ1) is 15.5. The molecule has 19 heavy (non-hydrogen) atoms. The first-order chi connectivity index (χ1) is 8.84. The van der Waals surface area contributed by atoms with E-state index < -0.39 is 0 Å². The van der Waals surface area contributed by atoms with E-state index in [9.17, 15) is 4.79 Å². The topological polar surface area (TPSA) is 38.3 Å². The fraction of sp³-hybridized carbons (Fsp3) is 0.562. The SMILES string of the molecule is COC(=O)CCCNc1ccc(C(C)(C)C)cc1C. The molecule has 0 aliphatic rings. The average molecular weight is 263 g/mol. The van der Waals surface area contributed by atoms with E-state index in [4.69, 9.17) is 0 Å². The molecule has 0 aliphatic heterocycles. The van der Waals surface area contributed by atoms with Gasteiger partial charge in [0.15, 0.2) is 0 Å². The Bertz CT molecular complexity index is 433. The van der Waals surface area contributed by atoms with E-state index in [2.05, 4.69) is 55.9 Å². The highest BCUT2D eigenvalue weighted by molar-refractivity contribution is 5.69. The number of hydrogen-bond donors (Lipinski definition) is 1. The molecule has 0 bridgehead atoms. The van der Waals surface area contributed by atoms with Crippen molar-refractivity contribution in [3.05, 3.63) is 29.3 Å². The summed E-state index contributed by atoms with van der Waals surface area (Å²) in [6.45, 7) is 9.53. The van der Waals surface area contributed by atoms with Crippen molar-refractivity contribution >= 4 is 11.7 Å². The number of benzene rings is 1. The number of carbonyl (C=O) groups excluding carboxylic acids is 1. The number of rotatable bonds is 5. The minimum atomic E-state index is -0.151. The van der Waals surface area contributed by atoms with Crippen LogP contribution in [0.4, 0.5) is 5.69 Å². The van der Waals surface area contributed by atoms with Crippen LogP contribution in [0.15, 0.2) is 18.2 Å². The number of esters is 1. The van der Waals surface area contributed by atoms with Crippen molar-refractivity contribution in [1.82, 2.24) is 0 Å². The molecule has 0 heterocycles. The Hall–Kier alpha value is -1.51. The molecule has 0 fully saturated rings. The van der Waals surface area contributed by atoms with E-state index in [1.807, 2.05) is 0 Å². The van der Waals surface area contributed by atoms with Gasteiger partial charge in [-0.05, 0) is 36.0 Å². The van der Waals surface area contributed by atoms with Gasteiger partial charge in [-0.2, -0.15) is 0 Å². The van der Waals surface area contributed by atoms with Crippen LogP contribution in [-0.4, -0.2) is 19.6 Å². The molecule has 0 amide bonds. The van der Waals surface area contributed by atoms with Crippen LogP contribution in [-0.2, 0) is 14.9 Å². The molecular formula is C16H25NO2. The van der Waals surface area contributed by atoms with Crippen molar-refractivity contribution in [3.8, 4) is 0 Å². The number of hydrogen-bond acceptors (Lipinski definition) is 3. The Balaban J connectivity index is 2.54. The molecule has 3 nitrogen and oxygen atoms in total. The third kappa shape index (κ3) is 4.93. The van der Waals surface area contributed by atoms with Gasteiger partial charge < -0.3 is 10.1 Å². The fourth-order valence-corrected chi connectivity index (χ4v) is 1.89. The van der Waals surface area contributed by atoms with E-state index in [-0.39, 0.29) is 11.4 Å². The highest BCUT2D eigenvalue weighted by Crippen LogP contribution is 2.26. The summed E-state index contributed by atoms with van der Waals surface area (Å²) in [6, 6.07) is 6.51. The van der Waals surface area contributed by atoms with Gasteiger partial charge in [0.05, 0.1) is 7.11 Å². The smallest absolute Gasteiger partial charge is 0.305 e. The quantitative estimate of drug-likeness (QED) is 0.651. The number of carbonyl (C=O) groups is 1. The Morgan fingerprint density at radius 3 is 2.53 bits per heavy atom. The zero-order valence-electron chi connectivity index (χ0n) is 12.7. The number of methoxy groups -OCH3 is 1. The van der Waals surface area contributed by atoms with Crippen molar-refractivity contribution in [1.29, 1.82) is 0 Å². The zero-order valence-corrected chi connectivity index (χ0v) is 12.7. The molecular weight excluding hydrogens is 238 g/mol. The van der Waals surface area contributed by atoms with Gasteiger partial charge in [0.2, 0.25) is 0 Å². The first-order valence-corrected chi connectivity index (χ1v) is 6.76. The molecule has 0 unspecified atom stereocenters. The summed E-state index contributed by atoms with van der Waals surface area (Å²) in [5.41, 5.74) is 3.89. The van der Waals surface area contributed by atoms with Crippen LogP contribution in [0.5, 0.6) is 0 Å². The van der Waals surface area contributed by atoms with Crippen LogP contribution < -0.4 is 5.32 Å². The third-order valence-corrected chi connectivity index (χ3v) is 3.19. The van der Waals surface area contributed by atoms with Gasteiger partial charge in [0.25, 0.3) is 0 Å². The summed E-state index contributed by atoms with van der Waals surface area (Å²) >= 11 is 0. The Labute approximate surface area is 116 Å². The van der Waals surface area contributed by atoms with E-state index in [1.165, 1.54) is 18.2 Å². The Kier molecular flexibility index (Phi) is 5.40. The van der Waals surface area contributed by atoms with Crippen LogP contribution >= 0.6 is 0 Å². The van der Waals surface area contributed by atoms with Gasteiger partial charge in [-0.1, -0.05) is 32.9 Å². The van der Waals surface area contributed by atoms with E-state index in [0.29, 0.717) is 6.42 Å². The summed E-state index contributed by atoms with van der Waals surface area (Å²) in [4.78, 5) is 11.0. The summed E-state index contributed by atoms with van der Waals surface area (Å²) < 4.78 is 4.61. The molecule has 0 spiro atoms. The molecule has 3 heteroatoms. The van der Waals surface area contributed by atoms with Crippen molar-refractivity contribution < 1.29 is 9.53 Å². The lowest BCUT2D eigenvalue weighted by Crippen LogP contribution is -2.12. The van der Waals surface area contributed by atoms with Crippen LogP contribution in [0, 0.1) is 6.92 Å². The molecule has 1 aromatic rings. The van der Waals surface area contributed by atoms with E-state index in [0.717, 1.165) is 18.7 Å². The molecule has 1 N–H and O–H groups in total. The largest absolute Gasteiger partial charge is 0.469 e. The maximum Gasteiger partial charge on any atom is 0.305 e. The standard InChI is InChI=1S/C16H25NO2/c1-12-11-13(16(2,3)4)8-9-14(12)17-10-6-7-15(18)19-5/h8-9,11,17H,6-7,10H2,1-5H3. The van der Waals surface area contributed by atoms with Gasteiger partial charge in [-0.3, -0.25) is 4.79 Å². The second kappa shape index (κ2) is 6.60. The minimum absolute atomic E-state index is 0.151. The van der Waals surface area contributed by atoms with Gasteiger partial charge in [0, 0.05) is 18.7 Å². The fourth-order valence-electron chi connectivity index (χ4n) is 1.89. The lowest BCUT2D eigenvalue weighted by molar-refractivity contribution is -0.140. The van der Waals surface area contributed by atoms with E-state index >= 15 is 0 Å². The van der Waals surface area contributed by atoms with Gasteiger partial charge >= 0.3 is 5.97 Å². The van der Waals surface area contributed by atoms with Crippen molar-refractivity contribution in [2.24, 2.45) is 0 Å². The summed E-state index contributed by atoms with van der Waals surface area (Å²) in [6.07, 6.45) is 1.25. The third-order valence-electron chi connectivity index (χ3n) is 3.19. The minimum Gasteiger partial charge on any atom is -0.469 e. The number of nitrogens with one attached hydrogen (secondary N) is 1. The average Bonchev–Trinajstić information content (AvgIpc) is 2.34. The number of anilines is 1. The van der Waals surface area contributed by atoms with Crippen molar-refractivity contribution in [3.63, 3.8) is 0 Å². The lowest BCUT2D eigenvalue weighted by Gasteiger charge is -2.21. The second-order valence-corrected chi connectivity index (χ2v) is 5.89. The molecule has 0 atom stereocenters. The van der Waals surface area contributed by atoms with Gasteiger partial charge in [0.1, 0.15) is 0 Å². The monoisotopic (exact) mass is 263 g/mol. The van der Waals surface area contributed by atoms with Crippen molar-refractivity contribution in [2.75, 3.05) is 19.0 Å². The summed E-state index contributed by atoms with van der Waals surface area (Å²) in [5, 5.41) is 3.36. The van der Waals surface area contributed by atoms with Gasteiger partial charge in [-0.15, -0.1) is 0 Å². The molecule has 0 saturated heterocycles. The molecule has 0 aliphatic carbocycles. The molecule has 1 aromatic carbocycles. The second-order valence-electron chi connectivity index (χ2n) is 5.89. The van der Waals surface area contributed by atoms with Crippen LogP contribution in [0.2, 0.25) is 0 Å². The first-order valence-electron chi connectivity index (χ1n) is 6.76. The normalized spacial score (nSPS) is 11.2. The molecule has 106 valence electrons. The molecule has 0 aromatic heterocycles. The summed E-state index contributed by atoms with van der Waals surface area (Å²) in [7, 11) is 1.42. The highest BCUT2D eigenvalue weighted by atomic mass is 16.5. The molecule has 0 radical (unpaired) electrons. The molecule has 1 rings (SSSR count). The van der Waals surface area contributed by atoms with Crippen molar-refractivity contribution in [2.45, 2.75) is 46.0 Å². The maximum atomic E-state index is 11.0. The Morgan fingerprint density at radius 1 is 1.32 bits per heavy atom. The predicted octanol–water partition coefficient (Wildman–Crippen LogP) is 3.66. The van der Waals surface area contributed by atoms with Gasteiger partial charge in [-0.25, -0.2) is 0 Å². The highest BCUT2D eigenvalue weighted by Gasteiger charge is 2.14. The molecule has 0 saturated carbocycles.